The number of halogens is 4. The zero-order valence-corrected chi connectivity index (χ0v) is 13.5. The number of hydrogen-bond acceptors (Lipinski definition) is 3. The first-order valence-electron chi connectivity index (χ1n) is 6.76. The maximum atomic E-state index is 13.3. The molecule has 0 unspecified atom stereocenters. The molecule has 2 rings (SSSR count). The third kappa shape index (κ3) is 4.92. The summed E-state index contributed by atoms with van der Waals surface area (Å²) in [5.74, 6) is -1.58. The second-order valence-corrected chi connectivity index (χ2v) is 6.72. The molecule has 2 N–H and O–H groups in total. The molecule has 0 atom stereocenters. The van der Waals surface area contributed by atoms with E-state index in [-0.39, 0.29) is 16.9 Å². The number of rotatable bonds is 4. The Bertz CT molecular complexity index is 894. The fourth-order valence-corrected chi connectivity index (χ4v) is 2.99. The summed E-state index contributed by atoms with van der Waals surface area (Å²) in [6, 6.07) is 6.31. The monoisotopic (exact) mass is 376 g/mol. The number of nitrogens with one attached hydrogen (secondary N) is 2. The van der Waals surface area contributed by atoms with Crippen LogP contribution in [0.3, 0.4) is 0 Å². The molecule has 0 aliphatic heterocycles. The van der Waals surface area contributed by atoms with Gasteiger partial charge in [0.2, 0.25) is 5.91 Å². The number of benzene rings is 2. The highest BCUT2D eigenvalue weighted by Crippen LogP contribution is 2.32. The normalized spacial score (nSPS) is 11.9. The Balaban J connectivity index is 2.30. The summed E-state index contributed by atoms with van der Waals surface area (Å²) < 4.78 is 77.7. The van der Waals surface area contributed by atoms with Crippen molar-refractivity contribution in [1.29, 1.82) is 0 Å². The summed E-state index contributed by atoms with van der Waals surface area (Å²) in [6.07, 6.45) is -4.82. The van der Waals surface area contributed by atoms with Crippen LogP contribution in [0.1, 0.15) is 12.5 Å². The third-order valence-corrected chi connectivity index (χ3v) is 4.36. The van der Waals surface area contributed by atoms with Crippen molar-refractivity contribution in [3.8, 4) is 0 Å². The van der Waals surface area contributed by atoms with Gasteiger partial charge in [-0.3, -0.25) is 9.52 Å². The third-order valence-electron chi connectivity index (χ3n) is 2.96. The Kier molecular flexibility index (Phi) is 5.02. The number of anilines is 2. The standard InChI is InChI=1S/C15H12F4N2O3S/c1-9(22)20-12-2-4-14(5-3-12)25(23,24)21-13-7-10(15(17,18)19)6-11(16)8-13/h2-8,21H,1H3,(H,20,22). The number of carbonyl (C=O) groups excluding carboxylic acids is 1. The fourth-order valence-electron chi connectivity index (χ4n) is 1.95. The molecule has 0 aliphatic rings. The van der Waals surface area contributed by atoms with Gasteiger partial charge in [0.1, 0.15) is 5.82 Å². The molecule has 2 aromatic rings. The first-order valence-corrected chi connectivity index (χ1v) is 8.24. The van der Waals surface area contributed by atoms with Gasteiger partial charge in [-0.05, 0) is 42.5 Å². The lowest BCUT2D eigenvalue weighted by Crippen LogP contribution is -2.14. The van der Waals surface area contributed by atoms with Gasteiger partial charge in [0, 0.05) is 12.6 Å². The Morgan fingerprint density at radius 2 is 1.60 bits per heavy atom. The quantitative estimate of drug-likeness (QED) is 0.801. The zero-order chi connectivity index (χ0) is 18.8. The van der Waals surface area contributed by atoms with E-state index in [1.807, 2.05) is 4.72 Å². The summed E-state index contributed by atoms with van der Waals surface area (Å²) in [5.41, 5.74) is -1.53. The molecule has 10 heteroatoms. The average molecular weight is 376 g/mol. The van der Waals surface area contributed by atoms with Crippen LogP contribution in [0.4, 0.5) is 28.9 Å². The minimum Gasteiger partial charge on any atom is -0.326 e. The summed E-state index contributed by atoms with van der Waals surface area (Å²) in [5, 5.41) is 2.44. The van der Waals surface area contributed by atoms with E-state index < -0.39 is 33.3 Å². The lowest BCUT2D eigenvalue weighted by Gasteiger charge is -2.12. The molecule has 5 nitrogen and oxygen atoms in total. The van der Waals surface area contributed by atoms with E-state index in [9.17, 15) is 30.8 Å². The molecule has 0 bridgehead atoms. The van der Waals surface area contributed by atoms with E-state index in [4.69, 9.17) is 0 Å². The Hall–Kier alpha value is -2.62. The molecular weight excluding hydrogens is 364 g/mol. The Morgan fingerprint density at radius 3 is 2.12 bits per heavy atom. The molecule has 0 saturated heterocycles. The average Bonchev–Trinajstić information content (AvgIpc) is 2.45. The highest BCUT2D eigenvalue weighted by atomic mass is 32.2. The van der Waals surface area contributed by atoms with Crippen molar-refractivity contribution in [2.24, 2.45) is 0 Å². The van der Waals surface area contributed by atoms with E-state index in [1.165, 1.54) is 19.1 Å². The van der Waals surface area contributed by atoms with Crippen molar-refractivity contribution in [3.63, 3.8) is 0 Å². The zero-order valence-electron chi connectivity index (χ0n) is 12.7. The summed E-state index contributed by atoms with van der Waals surface area (Å²) >= 11 is 0. The molecule has 0 aliphatic carbocycles. The number of hydrogen-bond donors (Lipinski definition) is 2. The second kappa shape index (κ2) is 6.71. The van der Waals surface area contributed by atoms with Gasteiger partial charge in [-0.2, -0.15) is 13.2 Å². The first-order chi connectivity index (χ1) is 11.5. The van der Waals surface area contributed by atoms with Crippen molar-refractivity contribution >= 4 is 27.3 Å². The molecule has 25 heavy (non-hydrogen) atoms. The van der Waals surface area contributed by atoms with Crippen LogP contribution in [0.25, 0.3) is 0 Å². The van der Waals surface area contributed by atoms with Crippen LogP contribution in [0.15, 0.2) is 47.4 Å². The van der Waals surface area contributed by atoms with Gasteiger partial charge < -0.3 is 5.32 Å². The summed E-state index contributed by atoms with van der Waals surface area (Å²) in [4.78, 5) is 10.6. The van der Waals surface area contributed by atoms with Gasteiger partial charge >= 0.3 is 6.18 Å². The molecule has 0 radical (unpaired) electrons. The van der Waals surface area contributed by atoms with Crippen molar-refractivity contribution in [3.05, 3.63) is 53.8 Å². The SMILES string of the molecule is CC(=O)Nc1ccc(S(=O)(=O)Nc2cc(F)cc(C(F)(F)F)c2)cc1. The maximum absolute atomic E-state index is 13.3. The lowest BCUT2D eigenvalue weighted by atomic mass is 10.2. The predicted octanol–water partition coefficient (Wildman–Crippen LogP) is 3.60. The van der Waals surface area contributed by atoms with E-state index >= 15 is 0 Å². The number of amides is 1. The van der Waals surface area contributed by atoms with Gasteiger partial charge in [-0.1, -0.05) is 0 Å². The van der Waals surface area contributed by atoms with Gasteiger partial charge in [-0.25, -0.2) is 12.8 Å². The predicted molar refractivity (Wildman–Crippen MR) is 83.0 cm³/mol. The molecular formula is C15H12F4N2O3S. The maximum Gasteiger partial charge on any atom is 0.416 e. The van der Waals surface area contributed by atoms with Crippen LogP contribution in [0.5, 0.6) is 0 Å². The highest BCUT2D eigenvalue weighted by molar-refractivity contribution is 7.92. The minimum atomic E-state index is -4.82. The van der Waals surface area contributed by atoms with E-state index in [2.05, 4.69) is 5.32 Å². The Morgan fingerprint density at radius 1 is 1.00 bits per heavy atom. The number of alkyl halides is 3. The molecule has 0 heterocycles. The van der Waals surface area contributed by atoms with Crippen molar-refractivity contribution < 1.29 is 30.8 Å². The molecule has 134 valence electrons. The van der Waals surface area contributed by atoms with Gasteiger partial charge in [-0.15, -0.1) is 0 Å². The summed E-state index contributed by atoms with van der Waals surface area (Å²) in [6.45, 7) is 1.27. The second-order valence-electron chi connectivity index (χ2n) is 5.04. The van der Waals surface area contributed by atoms with Crippen LogP contribution < -0.4 is 10.0 Å². The van der Waals surface area contributed by atoms with Crippen molar-refractivity contribution in [2.75, 3.05) is 10.0 Å². The largest absolute Gasteiger partial charge is 0.416 e. The molecule has 0 saturated carbocycles. The molecule has 1 amide bonds. The smallest absolute Gasteiger partial charge is 0.326 e. The topological polar surface area (TPSA) is 75.3 Å². The van der Waals surface area contributed by atoms with Gasteiger partial charge in [0.05, 0.1) is 16.1 Å². The van der Waals surface area contributed by atoms with Crippen LogP contribution in [-0.4, -0.2) is 14.3 Å². The first kappa shape index (κ1) is 18.7. The van der Waals surface area contributed by atoms with Crippen LogP contribution >= 0.6 is 0 Å². The minimum absolute atomic E-state index is 0.264. The van der Waals surface area contributed by atoms with Crippen molar-refractivity contribution in [2.45, 2.75) is 18.0 Å². The van der Waals surface area contributed by atoms with Crippen LogP contribution in [0, 0.1) is 5.82 Å². The Labute approximate surface area is 140 Å². The van der Waals surface area contributed by atoms with Crippen molar-refractivity contribution in [1.82, 2.24) is 0 Å². The number of sulfonamides is 1. The van der Waals surface area contributed by atoms with Gasteiger partial charge in [0.15, 0.2) is 0 Å². The van der Waals surface area contributed by atoms with E-state index in [0.29, 0.717) is 17.8 Å². The van der Waals surface area contributed by atoms with Gasteiger partial charge in [0.25, 0.3) is 10.0 Å². The molecule has 2 aromatic carbocycles. The van der Waals surface area contributed by atoms with Crippen LogP contribution in [0.2, 0.25) is 0 Å². The van der Waals surface area contributed by atoms with E-state index in [1.54, 1.807) is 0 Å². The number of carbonyl (C=O) groups is 1. The van der Waals surface area contributed by atoms with E-state index in [0.717, 1.165) is 12.1 Å². The summed E-state index contributed by atoms with van der Waals surface area (Å²) in [7, 11) is -4.23. The van der Waals surface area contributed by atoms with Crippen LogP contribution in [-0.2, 0) is 21.0 Å². The molecule has 0 fully saturated rings. The lowest BCUT2D eigenvalue weighted by molar-refractivity contribution is -0.137. The molecule has 0 aromatic heterocycles. The highest BCUT2D eigenvalue weighted by Gasteiger charge is 2.31. The molecule has 0 spiro atoms. The fraction of sp³-hybridized carbons (Fsp3) is 0.133.